The Labute approximate surface area is 130 Å². The highest BCUT2D eigenvalue weighted by atomic mass is 16.2. The minimum atomic E-state index is 0.0469. The SMILES string of the molecule is O=C(C1CCc2ccccc21)N1CCCC(n2cncn2)C1. The molecule has 0 N–H and O–H groups in total. The first-order valence-corrected chi connectivity index (χ1v) is 8.03. The average Bonchev–Trinajstić information content (AvgIpc) is 3.24. The summed E-state index contributed by atoms with van der Waals surface area (Å²) in [5.41, 5.74) is 2.57. The van der Waals surface area contributed by atoms with E-state index in [1.165, 1.54) is 11.1 Å². The van der Waals surface area contributed by atoms with Crippen LogP contribution in [0.4, 0.5) is 0 Å². The Morgan fingerprint density at radius 3 is 3.00 bits per heavy atom. The van der Waals surface area contributed by atoms with Gasteiger partial charge in [0.15, 0.2) is 0 Å². The fourth-order valence-corrected chi connectivity index (χ4v) is 3.81. The second-order valence-electron chi connectivity index (χ2n) is 6.25. The molecule has 1 aromatic heterocycles. The number of hydrogen-bond donors (Lipinski definition) is 0. The lowest BCUT2D eigenvalue weighted by molar-refractivity contribution is -0.134. The van der Waals surface area contributed by atoms with Crippen molar-refractivity contribution in [3.63, 3.8) is 0 Å². The number of aromatic nitrogens is 3. The third-order valence-electron chi connectivity index (χ3n) is 4.95. The Bertz CT molecular complexity index is 667. The zero-order valence-corrected chi connectivity index (χ0v) is 12.6. The van der Waals surface area contributed by atoms with E-state index in [1.807, 2.05) is 15.6 Å². The number of hydrogen-bond acceptors (Lipinski definition) is 3. The largest absolute Gasteiger partial charge is 0.340 e. The number of fused-ring (bicyclic) bond motifs is 1. The molecule has 1 aliphatic carbocycles. The van der Waals surface area contributed by atoms with Crippen molar-refractivity contribution in [3.8, 4) is 0 Å². The third-order valence-corrected chi connectivity index (χ3v) is 4.95. The standard InChI is InChI=1S/C17H20N4O/c22-17(16-8-7-13-4-1-2-6-15(13)16)20-9-3-5-14(10-20)21-12-18-11-19-21/h1-2,4,6,11-12,14,16H,3,5,7-10H2. The van der Waals surface area contributed by atoms with Crippen LogP contribution in [0.25, 0.3) is 0 Å². The van der Waals surface area contributed by atoms with Gasteiger partial charge in [0.25, 0.3) is 0 Å². The van der Waals surface area contributed by atoms with Gasteiger partial charge in [0, 0.05) is 13.1 Å². The fourth-order valence-electron chi connectivity index (χ4n) is 3.81. The summed E-state index contributed by atoms with van der Waals surface area (Å²) < 4.78 is 1.89. The zero-order chi connectivity index (χ0) is 14.9. The maximum absolute atomic E-state index is 13.0. The molecule has 114 valence electrons. The van der Waals surface area contributed by atoms with E-state index in [2.05, 4.69) is 28.3 Å². The van der Waals surface area contributed by atoms with Crippen molar-refractivity contribution in [1.82, 2.24) is 19.7 Å². The molecule has 2 atom stereocenters. The maximum atomic E-state index is 13.0. The molecule has 22 heavy (non-hydrogen) atoms. The molecule has 1 saturated heterocycles. The number of nitrogens with zero attached hydrogens (tertiary/aromatic N) is 4. The number of benzene rings is 1. The highest BCUT2D eigenvalue weighted by Crippen LogP contribution is 2.35. The Balaban J connectivity index is 1.51. The lowest BCUT2D eigenvalue weighted by atomic mass is 9.97. The molecule has 0 spiro atoms. The van der Waals surface area contributed by atoms with E-state index in [9.17, 15) is 4.79 Å². The molecule has 5 heteroatoms. The fraction of sp³-hybridized carbons (Fsp3) is 0.471. The molecule has 5 nitrogen and oxygen atoms in total. The minimum Gasteiger partial charge on any atom is -0.340 e. The highest BCUT2D eigenvalue weighted by Gasteiger charge is 2.34. The molecular weight excluding hydrogens is 276 g/mol. The number of aryl methyl sites for hydroxylation is 1. The maximum Gasteiger partial charge on any atom is 0.230 e. The first-order chi connectivity index (χ1) is 10.8. The predicted octanol–water partition coefficient (Wildman–Crippen LogP) is 2.17. The Morgan fingerprint density at radius 2 is 2.14 bits per heavy atom. The average molecular weight is 296 g/mol. The summed E-state index contributed by atoms with van der Waals surface area (Å²) >= 11 is 0. The van der Waals surface area contributed by atoms with Gasteiger partial charge in [-0.1, -0.05) is 24.3 Å². The Hall–Kier alpha value is -2.17. The van der Waals surface area contributed by atoms with Crippen LogP contribution >= 0.6 is 0 Å². The van der Waals surface area contributed by atoms with Crippen molar-refractivity contribution in [1.29, 1.82) is 0 Å². The second-order valence-corrected chi connectivity index (χ2v) is 6.25. The van der Waals surface area contributed by atoms with Crippen LogP contribution in [0.15, 0.2) is 36.9 Å². The van der Waals surface area contributed by atoms with Gasteiger partial charge < -0.3 is 4.90 Å². The van der Waals surface area contributed by atoms with Crippen LogP contribution in [0.3, 0.4) is 0 Å². The molecule has 1 amide bonds. The van der Waals surface area contributed by atoms with E-state index in [0.717, 1.165) is 38.8 Å². The van der Waals surface area contributed by atoms with Crippen molar-refractivity contribution in [2.75, 3.05) is 13.1 Å². The zero-order valence-electron chi connectivity index (χ0n) is 12.6. The van der Waals surface area contributed by atoms with Gasteiger partial charge in [0.05, 0.1) is 12.0 Å². The van der Waals surface area contributed by atoms with Crippen molar-refractivity contribution in [2.24, 2.45) is 0 Å². The van der Waals surface area contributed by atoms with Crippen LogP contribution in [0.1, 0.15) is 42.3 Å². The summed E-state index contributed by atoms with van der Waals surface area (Å²) in [5, 5.41) is 4.23. The summed E-state index contributed by atoms with van der Waals surface area (Å²) in [6, 6.07) is 8.63. The van der Waals surface area contributed by atoms with Crippen molar-refractivity contribution < 1.29 is 4.79 Å². The van der Waals surface area contributed by atoms with Crippen molar-refractivity contribution in [2.45, 2.75) is 37.6 Å². The van der Waals surface area contributed by atoms with Gasteiger partial charge in [-0.25, -0.2) is 9.67 Å². The quantitative estimate of drug-likeness (QED) is 0.853. The lowest BCUT2D eigenvalue weighted by Gasteiger charge is -2.34. The lowest BCUT2D eigenvalue weighted by Crippen LogP contribution is -2.42. The first kappa shape index (κ1) is 13.5. The number of likely N-dealkylation sites (tertiary alicyclic amines) is 1. The smallest absolute Gasteiger partial charge is 0.230 e. The number of carbonyl (C=O) groups is 1. The summed E-state index contributed by atoms with van der Waals surface area (Å²) in [5.74, 6) is 0.334. The summed E-state index contributed by atoms with van der Waals surface area (Å²) in [6.07, 6.45) is 7.38. The van der Waals surface area contributed by atoms with Crippen molar-refractivity contribution >= 4 is 5.91 Å². The van der Waals surface area contributed by atoms with Crippen LogP contribution in [-0.4, -0.2) is 38.7 Å². The molecule has 1 fully saturated rings. The van der Waals surface area contributed by atoms with E-state index in [1.54, 1.807) is 12.7 Å². The monoisotopic (exact) mass is 296 g/mol. The number of amides is 1. The summed E-state index contributed by atoms with van der Waals surface area (Å²) in [7, 11) is 0. The Morgan fingerprint density at radius 1 is 1.23 bits per heavy atom. The normalized spacial score (nSPS) is 24.3. The Kier molecular flexibility index (Phi) is 3.41. The molecule has 1 aromatic carbocycles. The van der Waals surface area contributed by atoms with Crippen LogP contribution < -0.4 is 0 Å². The number of carbonyl (C=O) groups excluding carboxylic acids is 1. The molecule has 2 aliphatic rings. The van der Waals surface area contributed by atoms with E-state index >= 15 is 0 Å². The van der Waals surface area contributed by atoms with E-state index in [0.29, 0.717) is 0 Å². The van der Waals surface area contributed by atoms with Gasteiger partial charge in [-0.05, 0) is 36.8 Å². The van der Waals surface area contributed by atoms with Crippen LogP contribution in [0.5, 0.6) is 0 Å². The summed E-state index contributed by atoms with van der Waals surface area (Å²) in [6.45, 7) is 1.61. The number of piperidine rings is 1. The van der Waals surface area contributed by atoms with Crippen molar-refractivity contribution in [3.05, 3.63) is 48.0 Å². The van der Waals surface area contributed by atoms with Gasteiger partial charge >= 0.3 is 0 Å². The first-order valence-electron chi connectivity index (χ1n) is 8.03. The van der Waals surface area contributed by atoms with Gasteiger partial charge in [-0.2, -0.15) is 5.10 Å². The van der Waals surface area contributed by atoms with E-state index in [-0.39, 0.29) is 17.9 Å². The van der Waals surface area contributed by atoms with Gasteiger partial charge in [-0.3, -0.25) is 4.79 Å². The highest BCUT2D eigenvalue weighted by molar-refractivity contribution is 5.85. The summed E-state index contributed by atoms with van der Waals surface area (Å²) in [4.78, 5) is 19.0. The van der Waals surface area contributed by atoms with Gasteiger partial charge in [0.2, 0.25) is 5.91 Å². The third kappa shape index (κ3) is 2.30. The van der Waals surface area contributed by atoms with Crippen LogP contribution in [0, 0.1) is 0 Å². The predicted molar refractivity (Wildman–Crippen MR) is 82.4 cm³/mol. The van der Waals surface area contributed by atoms with Gasteiger partial charge in [-0.15, -0.1) is 0 Å². The molecule has 0 bridgehead atoms. The second kappa shape index (κ2) is 5.55. The number of rotatable bonds is 2. The molecule has 0 radical (unpaired) electrons. The van der Waals surface area contributed by atoms with Crippen LogP contribution in [-0.2, 0) is 11.2 Å². The van der Waals surface area contributed by atoms with E-state index in [4.69, 9.17) is 0 Å². The minimum absolute atomic E-state index is 0.0469. The van der Waals surface area contributed by atoms with Crippen LogP contribution in [0.2, 0.25) is 0 Å². The molecule has 0 saturated carbocycles. The molecule has 1 aliphatic heterocycles. The van der Waals surface area contributed by atoms with Gasteiger partial charge in [0.1, 0.15) is 12.7 Å². The molecule has 2 aromatic rings. The van der Waals surface area contributed by atoms with E-state index < -0.39 is 0 Å². The molecular formula is C17H20N4O. The molecule has 2 unspecified atom stereocenters. The molecule has 4 rings (SSSR count). The molecule has 2 heterocycles. The topological polar surface area (TPSA) is 51.0 Å².